The number of carbonyl (C=O) groups is 1. The van der Waals surface area contributed by atoms with Crippen LogP contribution in [0.4, 0.5) is 0 Å². The van der Waals surface area contributed by atoms with Crippen LogP contribution in [0.5, 0.6) is 0 Å². The summed E-state index contributed by atoms with van der Waals surface area (Å²) in [5.41, 5.74) is -0.474. The second-order valence-corrected chi connectivity index (χ2v) is 9.43. The van der Waals surface area contributed by atoms with Crippen molar-refractivity contribution in [3.05, 3.63) is 55.1 Å². The zero-order valence-electron chi connectivity index (χ0n) is 13.6. The first kappa shape index (κ1) is 15.8. The molecule has 3 aliphatic carbocycles. The number of sulfone groups is 1. The van der Waals surface area contributed by atoms with Gasteiger partial charge in [-0.15, -0.1) is 6.58 Å². The largest absolute Gasteiger partial charge is 0.298 e. The molecule has 1 aromatic rings. The molecule has 4 heteroatoms. The van der Waals surface area contributed by atoms with Crippen LogP contribution in [-0.4, -0.2) is 19.5 Å². The fourth-order valence-corrected chi connectivity index (χ4v) is 6.89. The summed E-state index contributed by atoms with van der Waals surface area (Å²) in [5.74, 6) is 0.712. The van der Waals surface area contributed by atoms with E-state index in [2.05, 4.69) is 12.7 Å². The lowest BCUT2D eigenvalue weighted by Gasteiger charge is -2.48. The van der Waals surface area contributed by atoms with E-state index in [9.17, 15) is 13.2 Å². The lowest BCUT2D eigenvalue weighted by molar-refractivity contribution is -0.139. The van der Waals surface area contributed by atoms with Gasteiger partial charge < -0.3 is 0 Å². The molecule has 0 bridgehead atoms. The van der Waals surface area contributed by atoms with Gasteiger partial charge in [0.25, 0.3) is 0 Å². The monoisotopic (exact) mass is 342 g/mol. The number of allylic oxidation sites excluding steroid dienone is 3. The Bertz CT molecular complexity index is 809. The third-order valence-corrected chi connectivity index (χ3v) is 8.54. The molecule has 0 aliphatic heterocycles. The number of benzene rings is 1. The first-order valence-corrected chi connectivity index (χ1v) is 10.2. The van der Waals surface area contributed by atoms with Crippen molar-refractivity contribution in [3.8, 4) is 0 Å². The van der Waals surface area contributed by atoms with Crippen LogP contribution in [0.2, 0.25) is 0 Å². The zero-order valence-corrected chi connectivity index (χ0v) is 14.4. The Morgan fingerprint density at radius 2 is 1.96 bits per heavy atom. The summed E-state index contributed by atoms with van der Waals surface area (Å²) in [6, 6.07) is 8.38. The molecule has 1 aromatic carbocycles. The highest BCUT2D eigenvalue weighted by Crippen LogP contribution is 2.65. The van der Waals surface area contributed by atoms with E-state index in [1.54, 1.807) is 30.3 Å². The molecule has 2 saturated carbocycles. The van der Waals surface area contributed by atoms with Crippen molar-refractivity contribution in [1.29, 1.82) is 0 Å². The Hall–Kier alpha value is -1.68. The number of carbonyl (C=O) groups excluding carboxylic acids is 1. The molecule has 0 aromatic heterocycles. The average molecular weight is 342 g/mol. The summed E-state index contributed by atoms with van der Waals surface area (Å²) in [4.78, 5) is 13.7. The average Bonchev–Trinajstić information content (AvgIpc) is 2.67. The summed E-state index contributed by atoms with van der Waals surface area (Å²) in [6.45, 7) is 3.93. The van der Waals surface area contributed by atoms with Gasteiger partial charge in [0.2, 0.25) is 0 Å². The molecule has 0 amide bonds. The van der Waals surface area contributed by atoms with E-state index in [-0.39, 0.29) is 22.5 Å². The molecule has 2 fully saturated rings. The van der Waals surface area contributed by atoms with Crippen LogP contribution in [0, 0.1) is 23.2 Å². The maximum absolute atomic E-state index is 13.4. The van der Waals surface area contributed by atoms with Gasteiger partial charge in [-0.1, -0.05) is 36.4 Å². The summed E-state index contributed by atoms with van der Waals surface area (Å²) >= 11 is 0. The molecular formula is C20H22O3S. The Morgan fingerprint density at radius 1 is 1.21 bits per heavy atom. The lowest BCUT2D eigenvalue weighted by atomic mass is 9.55. The molecule has 0 heterocycles. The van der Waals surface area contributed by atoms with Crippen LogP contribution in [0.15, 0.2) is 60.0 Å². The molecule has 0 saturated heterocycles. The normalized spacial score (nSPS) is 37.9. The van der Waals surface area contributed by atoms with Crippen LogP contribution in [0.25, 0.3) is 0 Å². The SMILES string of the molecule is C=C[C@@H]1C[C@@H]2C=CCC(S(=O)(=O)c3ccccc3)C(=O)C23CCC13. The summed E-state index contributed by atoms with van der Waals surface area (Å²) < 4.78 is 26.2. The van der Waals surface area contributed by atoms with Gasteiger partial charge in [0.05, 0.1) is 4.90 Å². The van der Waals surface area contributed by atoms with Crippen LogP contribution < -0.4 is 0 Å². The van der Waals surface area contributed by atoms with Crippen LogP contribution in [-0.2, 0) is 14.6 Å². The van der Waals surface area contributed by atoms with Crippen LogP contribution >= 0.6 is 0 Å². The van der Waals surface area contributed by atoms with Crippen molar-refractivity contribution in [2.45, 2.75) is 35.8 Å². The van der Waals surface area contributed by atoms with Gasteiger partial charge >= 0.3 is 0 Å². The van der Waals surface area contributed by atoms with Gasteiger partial charge in [0, 0.05) is 5.41 Å². The van der Waals surface area contributed by atoms with E-state index in [1.165, 1.54) is 0 Å². The number of Topliss-reactive ketones (excluding diaryl/α,β-unsaturated/α-hetero) is 1. The van der Waals surface area contributed by atoms with Gasteiger partial charge in [-0.25, -0.2) is 8.42 Å². The lowest BCUT2D eigenvalue weighted by Crippen LogP contribution is -2.53. The highest BCUT2D eigenvalue weighted by molar-refractivity contribution is 7.92. The summed E-state index contributed by atoms with van der Waals surface area (Å²) in [6.07, 6.45) is 9.02. The minimum atomic E-state index is -3.65. The molecule has 3 unspecified atom stereocenters. The molecule has 3 aliphatic rings. The molecule has 0 N–H and O–H groups in total. The number of rotatable bonds is 3. The van der Waals surface area contributed by atoms with Gasteiger partial charge in [-0.3, -0.25) is 4.79 Å². The minimum absolute atomic E-state index is 0.0537. The van der Waals surface area contributed by atoms with E-state index >= 15 is 0 Å². The second-order valence-electron chi connectivity index (χ2n) is 7.30. The van der Waals surface area contributed by atoms with Gasteiger partial charge in [-0.2, -0.15) is 0 Å². The first-order chi connectivity index (χ1) is 11.5. The van der Waals surface area contributed by atoms with Crippen LogP contribution in [0.1, 0.15) is 25.7 Å². The molecule has 5 atom stereocenters. The van der Waals surface area contributed by atoms with Gasteiger partial charge in [-0.05, 0) is 55.6 Å². The van der Waals surface area contributed by atoms with Crippen molar-refractivity contribution >= 4 is 15.6 Å². The van der Waals surface area contributed by atoms with E-state index in [0.717, 1.165) is 19.3 Å². The first-order valence-electron chi connectivity index (χ1n) is 8.64. The number of ketones is 1. The molecule has 126 valence electrons. The highest BCUT2D eigenvalue weighted by Gasteiger charge is 2.65. The molecule has 24 heavy (non-hydrogen) atoms. The smallest absolute Gasteiger partial charge is 0.188 e. The fourth-order valence-electron chi connectivity index (χ4n) is 5.16. The topological polar surface area (TPSA) is 51.2 Å². The maximum Gasteiger partial charge on any atom is 0.188 e. The Kier molecular flexibility index (Phi) is 3.57. The van der Waals surface area contributed by atoms with E-state index in [4.69, 9.17) is 0 Å². The van der Waals surface area contributed by atoms with Crippen molar-refractivity contribution in [2.75, 3.05) is 0 Å². The minimum Gasteiger partial charge on any atom is -0.298 e. The fraction of sp³-hybridized carbons (Fsp3) is 0.450. The van der Waals surface area contributed by atoms with Crippen molar-refractivity contribution in [1.82, 2.24) is 0 Å². The van der Waals surface area contributed by atoms with E-state index in [1.807, 2.05) is 12.2 Å². The number of hydrogen-bond donors (Lipinski definition) is 0. The summed E-state index contributed by atoms with van der Waals surface area (Å²) in [7, 11) is -3.65. The Balaban J connectivity index is 1.77. The predicted molar refractivity (Wildman–Crippen MR) is 93.1 cm³/mol. The van der Waals surface area contributed by atoms with Crippen molar-refractivity contribution in [2.24, 2.45) is 23.2 Å². The number of hydrogen-bond acceptors (Lipinski definition) is 3. The van der Waals surface area contributed by atoms with Crippen LogP contribution in [0.3, 0.4) is 0 Å². The molecule has 4 rings (SSSR count). The molecule has 1 spiro atoms. The maximum atomic E-state index is 13.4. The third kappa shape index (κ3) is 1.95. The highest BCUT2D eigenvalue weighted by atomic mass is 32.2. The van der Waals surface area contributed by atoms with Gasteiger partial charge in [0.15, 0.2) is 15.6 Å². The van der Waals surface area contributed by atoms with Gasteiger partial charge in [0.1, 0.15) is 5.25 Å². The quantitative estimate of drug-likeness (QED) is 0.789. The molecule has 0 radical (unpaired) electrons. The second kappa shape index (κ2) is 5.41. The Morgan fingerprint density at radius 3 is 2.58 bits per heavy atom. The standard InChI is InChI=1S/C20H22O3S/c1-2-14-13-15-7-6-10-18(19(21)20(15)12-11-17(14)20)24(22,23)16-8-4-3-5-9-16/h2-9,14-15,17-18H,1,10-13H2/t14-,15+,17?,18?,20?/m1/s1. The van der Waals surface area contributed by atoms with E-state index < -0.39 is 20.5 Å². The van der Waals surface area contributed by atoms with Crippen molar-refractivity contribution in [3.63, 3.8) is 0 Å². The third-order valence-electron chi connectivity index (χ3n) is 6.45. The zero-order chi connectivity index (χ0) is 16.9. The molecule has 3 nitrogen and oxygen atoms in total. The van der Waals surface area contributed by atoms with Crippen molar-refractivity contribution < 1.29 is 13.2 Å². The molecular weight excluding hydrogens is 320 g/mol. The predicted octanol–water partition coefficient (Wildman–Crippen LogP) is 3.58. The summed E-state index contributed by atoms with van der Waals surface area (Å²) in [5, 5.41) is -0.951. The Labute approximate surface area is 143 Å². The van der Waals surface area contributed by atoms with E-state index in [0.29, 0.717) is 12.3 Å².